The van der Waals surface area contributed by atoms with Gasteiger partial charge in [0.25, 0.3) is 10.0 Å². The Hall–Kier alpha value is -3.37. The van der Waals surface area contributed by atoms with Crippen LogP contribution in [0.25, 0.3) is 0 Å². The van der Waals surface area contributed by atoms with E-state index in [0.717, 1.165) is 14.3 Å². The molecule has 0 aliphatic heterocycles. The van der Waals surface area contributed by atoms with E-state index < -0.39 is 28.5 Å². The van der Waals surface area contributed by atoms with Crippen LogP contribution in [0.4, 0.5) is 5.69 Å². The summed E-state index contributed by atoms with van der Waals surface area (Å²) in [5, 5.41) is 2.88. The topological polar surface area (TPSA) is 96.0 Å². The molecule has 1 N–H and O–H groups in total. The van der Waals surface area contributed by atoms with Crippen molar-refractivity contribution in [2.45, 2.75) is 38.3 Å². The maximum absolute atomic E-state index is 13.9. The summed E-state index contributed by atoms with van der Waals surface area (Å²) in [6.07, 6.45) is 0. The molecule has 0 spiro atoms. The van der Waals surface area contributed by atoms with E-state index in [1.807, 2.05) is 38.1 Å². The van der Waals surface area contributed by atoms with Crippen LogP contribution in [0.2, 0.25) is 0 Å². The van der Waals surface area contributed by atoms with Crippen molar-refractivity contribution in [2.75, 3.05) is 24.5 Å². The number of hydrogen-bond acceptors (Lipinski definition) is 5. The number of amides is 2. The first kappa shape index (κ1) is 30.2. The Morgan fingerprint density at radius 1 is 0.949 bits per heavy atom. The van der Waals surface area contributed by atoms with Gasteiger partial charge in [-0.15, -0.1) is 0 Å². The van der Waals surface area contributed by atoms with Gasteiger partial charge in [-0.3, -0.25) is 13.9 Å². The number of nitrogens with one attached hydrogen (secondary N) is 1. The maximum Gasteiger partial charge on any atom is 0.264 e. The molecule has 0 fully saturated rings. The third-order valence-corrected chi connectivity index (χ3v) is 8.35. The highest BCUT2D eigenvalue weighted by molar-refractivity contribution is 9.10. The number of benzene rings is 3. The predicted octanol–water partition coefficient (Wildman–Crippen LogP) is 4.84. The van der Waals surface area contributed by atoms with Gasteiger partial charge in [0, 0.05) is 17.6 Å². The van der Waals surface area contributed by atoms with E-state index in [2.05, 4.69) is 21.2 Å². The summed E-state index contributed by atoms with van der Waals surface area (Å²) in [4.78, 5) is 28.3. The van der Waals surface area contributed by atoms with Gasteiger partial charge in [-0.05, 0) is 66.9 Å². The monoisotopic (exact) mass is 615 g/mol. The quantitative estimate of drug-likeness (QED) is 0.314. The molecule has 0 bridgehead atoms. The van der Waals surface area contributed by atoms with Crippen molar-refractivity contribution in [1.82, 2.24) is 10.2 Å². The first-order valence-corrected chi connectivity index (χ1v) is 14.8. The fraction of sp³-hybridized carbons (Fsp3) is 0.310. The van der Waals surface area contributed by atoms with E-state index in [1.165, 1.54) is 24.1 Å². The largest absolute Gasteiger partial charge is 0.497 e. The van der Waals surface area contributed by atoms with Crippen LogP contribution >= 0.6 is 15.9 Å². The molecular weight excluding hydrogens is 582 g/mol. The Kier molecular flexibility index (Phi) is 10.5. The molecular formula is C29H34BrN3O5S. The number of rotatable bonds is 12. The van der Waals surface area contributed by atoms with E-state index in [4.69, 9.17) is 4.74 Å². The molecule has 0 heterocycles. The van der Waals surface area contributed by atoms with Gasteiger partial charge in [0.1, 0.15) is 18.3 Å². The lowest BCUT2D eigenvalue weighted by atomic mass is 10.1. The maximum atomic E-state index is 13.9. The molecule has 3 rings (SSSR count). The minimum Gasteiger partial charge on any atom is -0.497 e. The summed E-state index contributed by atoms with van der Waals surface area (Å²) in [6.45, 7) is 5.71. The van der Waals surface area contributed by atoms with Crippen LogP contribution in [0.3, 0.4) is 0 Å². The highest BCUT2D eigenvalue weighted by atomic mass is 79.9. The lowest BCUT2D eigenvalue weighted by Gasteiger charge is -2.32. The van der Waals surface area contributed by atoms with E-state index in [-0.39, 0.29) is 23.3 Å². The highest BCUT2D eigenvalue weighted by Crippen LogP contribution is 2.26. The van der Waals surface area contributed by atoms with Crippen molar-refractivity contribution in [3.8, 4) is 5.75 Å². The lowest BCUT2D eigenvalue weighted by Crippen LogP contribution is -2.51. The van der Waals surface area contributed by atoms with Crippen molar-refractivity contribution in [3.05, 3.63) is 88.9 Å². The van der Waals surface area contributed by atoms with Crippen molar-refractivity contribution in [2.24, 2.45) is 5.92 Å². The van der Waals surface area contributed by atoms with Gasteiger partial charge in [-0.25, -0.2) is 8.42 Å². The molecule has 0 unspecified atom stereocenters. The number of methoxy groups -OCH3 is 1. The first-order valence-electron chi connectivity index (χ1n) is 12.6. The van der Waals surface area contributed by atoms with Crippen LogP contribution < -0.4 is 14.4 Å². The molecule has 0 aliphatic carbocycles. The van der Waals surface area contributed by atoms with Crippen molar-refractivity contribution in [3.63, 3.8) is 0 Å². The number of para-hydroxylation sites is 1. The van der Waals surface area contributed by atoms with Gasteiger partial charge in [-0.2, -0.15) is 0 Å². The molecule has 10 heteroatoms. The Bertz CT molecular complexity index is 1370. The van der Waals surface area contributed by atoms with Crippen LogP contribution in [0.1, 0.15) is 26.3 Å². The number of carbonyl (C=O) groups excluding carboxylic acids is 2. The van der Waals surface area contributed by atoms with Gasteiger partial charge < -0.3 is 15.0 Å². The molecule has 1 atom stereocenters. The summed E-state index contributed by atoms with van der Waals surface area (Å²) in [6, 6.07) is 21.0. The summed E-state index contributed by atoms with van der Waals surface area (Å²) < 4.78 is 34.7. The third kappa shape index (κ3) is 8.06. The minimum atomic E-state index is -4.13. The summed E-state index contributed by atoms with van der Waals surface area (Å²) >= 11 is 3.45. The fourth-order valence-electron chi connectivity index (χ4n) is 3.86. The zero-order valence-electron chi connectivity index (χ0n) is 22.5. The number of halogens is 1. The smallest absolute Gasteiger partial charge is 0.264 e. The van der Waals surface area contributed by atoms with E-state index in [1.54, 1.807) is 49.4 Å². The van der Waals surface area contributed by atoms with E-state index in [0.29, 0.717) is 18.0 Å². The average Bonchev–Trinajstić information content (AvgIpc) is 2.93. The van der Waals surface area contributed by atoms with Crippen LogP contribution in [-0.2, 0) is 26.2 Å². The van der Waals surface area contributed by atoms with E-state index >= 15 is 0 Å². The molecule has 0 aromatic heterocycles. The Labute approximate surface area is 239 Å². The molecule has 0 aliphatic rings. The Balaban J connectivity index is 1.98. The fourth-order valence-corrected chi connectivity index (χ4v) is 5.73. The van der Waals surface area contributed by atoms with Gasteiger partial charge in [0.15, 0.2) is 0 Å². The number of anilines is 1. The normalized spacial score (nSPS) is 12.1. The predicted molar refractivity (Wildman–Crippen MR) is 156 cm³/mol. The second-order valence-corrected chi connectivity index (χ2v) is 12.3. The lowest BCUT2D eigenvalue weighted by molar-refractivity contribution is -0.139. The van der Waals surface area contributed by atoms with Gasteiger partial charge in [-0.1, -0.05) is 60.1 Å². The molecule has 8 nitrogen and oxygen atoms in total. The van der Waals surface area contributed by atoms with Crippen LogP contribution in [0.15, 0.2) is 88.2 Å². The van der Waals surface area contributed by atoms with Crippen LogP contribution in [0, 0.1) is 5.92 Å². The van der Waals surface area contributed by atoms with Crippen molar-refractivity contribution < 1.29 is 22.7 Å². The Morgan fingerprint density at radius 2 is 1.62 bits per heavy atom. The molecule has 3 aromatic rings. The number of sulfonamides is 1. The molecule has 0 saturated carbocycles. The second-order valence-electron chi connectivity index (χ2n) is 9.49. The van der Waals surface area contributed by atoms with Crippen molar-refractivity contribution >= 4 is 43.5 Å². The SMILES string of the molecule is COc1ccc(S(=O)(=O)N(CC(=O)N(Cc2cccc(Br)c2)[C@@H](C)C(=O)NCC(C)C)c2ccccc2)cc1. The summed E-state index contributed by atoms with van der Waals surface area (Å²) in [7, 11) is -2.64. The number of ether oxygens (including phenoxy) is 1. The van der Waals surface area contributed by atoms with Crippen molar-refractivity contribution in [1.29, 1.82) is 0 Å². The van der Waals surface area contributed by atoms with Gasteiger partial charge >= 0.3 is 0 Å². The summed E-state index contributed by atoms with van der Waals surface area (Å²) in [5.74, 6) is -0.0734. The zero-order valence-corrected chi connectivity index (χ0v) is 24.9. The molecule has 0 saturated heterocycles. The summed E-state index contributed by atoms with van der Waals surface area (Å²) in [5.41, 5.74) is 1.13. The van der Waals surface area contributed by atoms with Crippen LogP contribution in [0.5, 0.6) is 5.75 Å². The first-order chi connectivity index (χ1) is 18.5. The Morgan fingerprint density at radius 3 is 2.21 bits per heavy atom. The third-order valence-electron chi connectivity index (χ3n) is 6.06. The van der Waals surface area contributed by atoms with E-state index in [9.17, 15) is 18.0 Å². The molecule has 208 valence electrons. The molecule has 0 radical (unpaired) electrons. The molecule has 2 amide bonds. The number of nitrogens with zero attached hydrogens (tertiary/aromatic N) is 2. The molecule has 3 aromatic carbocycles. The highest BCUT2D eigenvalue weighted by Gasteiger charge is 2.32. The number of hydrogen-bond donors (Lipinski definition) is 1. The van der Waals surface area contributed by atoms with Crippen LogP contribution in [-0.4, -0.2) is 51.4 Å². The van der Waals surface area contributed by atoms with Gasteiger partial charge in [0.05, 0.1) is 17.7 Å². The zero-order chi connectivity index (χ0) is 28.6. The average molecular weight is 617 g/mol. The number of carbonyl (C=O) groups is 2. The minimum absolute atomic E-state index is 0.0150. The second kappa shape index (κ2) is 13.6. The molecule has 39 heavy (non-hydrogen) atoms. The van der Waals surface area contributed by atoms with Gasteiger partial charge in [0.2, 0.25) is 11.8 Å². The standard InChI is InChI=1S/C29H34BrN3O5S/c1-21(2)18-31-29(35)22(3)32(19-23-9-8-10-24(30)17-23)28(34)20-33(25-11-6-5-7-12-25)39(36,37)27-15-13-26(38-4)14-16-27/h5-17,21-22H,18-20H2,1-4H3,(H,31,35)/t22-/m0/s1.